The molecule has 0 spiro atoms. The van der Waals surface area contributed by atoms with E-state index in [1.807, 2.05) is 0 Å². The maximum Gasteiger partial charge on any atom is 0.231 e. The lowest BCUT2D eigenvalue weighted by Crippen LogP contribution is -2.32. The summed E-state index contributed by atoms with van der Waals surface area (Å²) in [5.74, 6) is 4.60. The predicted octanol–water partition coefficient (Wildman–Crippen LogP) is 5.39. The van der Waals surface area contributed by atoms with E-state index in [2.05, 4.69) is 36.4 Å². The summed E-state index contributed by atoms with van der Waals surface area (Å²) in [6.07, 6.45) is 8.14. The SMILES string of the molecule is c1ccc2c(c1)C[C@H]1[C@@H](C3CCCCC3)c3cc4c(cc3O[C@@H]21)OCO4. The molecule has 2 heterocycles. The molecule has 4 aliphatic rings. The van der Waals surface area contributed by atoms with Gasteiger partial charge in [-0.1, -0.05) is 43.5 Å². The Labute approximate surface area is 154 Å². The average molecular weight is 348 g/mol. The largest absolute Gasteiger partial charge is 0.485 e. The van der Waals surface area contributed by atoms with Crippen LogP contribution in [0.4, 0.5) is 0 Å². The lowest BCUT2D eigenvalue weighted by molar-refractivity contribution is 0.0771. The second-order valence-electron chi connectivity index (χ2n) is 8.27. The molecule has 0 radical (unpaired) electrons. The zero-order chi connectivity index (χ0) is 17.1. The Morgan fingerprint density at radius 3 is 2.50 bits per heavy atom. The highest BCUT2D eigenvalue weighted by Gasteiger charge is 2.47. The maximum atomic E-state index is 6.59. The first-order chi connectivity index (χ1) is 12.9. The van der Waals surface area contributed by atoms with Gasteiger partial charge in [-0.15, -0.1) is 0 Å². The summed E-state index contributed by atoms with van der Waals surface area (Å²) in [6.45, 7) is 0.321. The molecule has 0 bridgehead atoms. The van der Waals surface area contributed by atoms with E-state index in [0.29, 0.717) is 18.6 Å². The third-order valence-electron chi connectivity index (χ3n) is 6.94. The minimum atomic E-state index is 0.186. The van der Waals surface area contributed by atoms with Crippen LogP contribution in [0.25, 0.3) is 0 Å². The Morgan fingerprint density at radius 2 is 1.62 bits per heavy atom. The van der Waals surface area contributed by atoms with Crippen molar-refractivity contribution in [3.63, 3.8) is 0 Å². The lowest BCUT2D eigenvalue weighted by Gasteiger charge is -2.42. The molecule has 3 atom stereocenters. The molecule has 2 aliphatic carbocycles. The van der Waals surface area contributed by atoms with Crippen LogP contribution >= 0.6 is 0 Å². The molecular weight excluding hydrogens is 324 g/mol. The minimum absolute atomic E-state index is 0.186. The summed E-state index contributed by atoms with van der Waals surface area (Å²) in [5, 5.41) is 0. The molecule has 0 aromatic heterocycles. The van der Waals surface area contributed by atoms with Crippen LogP contribution in [-0.4, -0.2) is 6.79 Å². The van der Waals surface area contributed by atoms with Crippen LogP contribution in [0.5, 0.6) is 17.2 Å². The second kappa shape index (κ2) is 5.67. The molecule has 3 heteroatoms. The Hall–Kier alpha value is -2.16. The van der Waals surface area contributed by atoms with Crippen molar-refractivity contribution in [1.29, 1.82) is 0 Å². The van der Waals surface area contributed by atoms with Gasteiger partial charge in [0.1, 0.15) is 11.9 Å². The van der Waals surface area contributed by atoms with E-state index in [1.165, 1.54) is 48.8 Å². The summed E-state index contributed by atoms with van der Waals surface area (Å²) in [5.41, 5.74) is 4.22. The van der Waals surface area contributed by atoms with Gasteiger partial charge in [-0.05, 0) is 48.3 Å². The van der Waals surface area contributed by atoms with Crippen LogP contribution in [0.15, 0.2) is 36.4 Å². The first-order valence-electron chi connectivity index (χ1n) is 10.1. The first kappa shape index (κ1) is 15.0. The molecule has 0 unspecified atom stereocenters. The molecule has 6 rings (SSSR count). The smallest absolute Gasteiger partial charge is 0.231 e. The van der Waals surface area contributed by atoms with Gasteiger partial charge in [-0.2, -0.15) is 0 Å². The van der Waals surface area contributed by atoms with Crippen molar-refractivity contribution in [1.82, 2.24) is 0 Å². The van der Waals surface area contributed by atoms with Crippen molar-refractivity contribution < 1.29 is 14.2 Å². The number of benzene rings is 2. The molecule has 2 aromatic carbocycles. The molecular formula is C23H24O3. The third-order valence-corrected chi connectivity index (χ3v) is 6.94. The summed E-state index contributed by atoms with van der Waals surface area (Å²) in [6, 6.07) is 13.1. The molecule has 134 valence electrons. The Morgan fingerprint density at radius 1 is 0.808 bits per heavy atom. The first-order valence-corrected chi connectivity index (χ1v) is 10.1. The summed E-state index contributed by atoms with van der Waals surface area (Å²) < 4.78 is 17.9. The van der Waals surface area contributed by atoms with Crippen molar-refractivity contribution in [3.8, 4) is 17.2 Å². The maximum absolute atomic E-state index is 6.59. The quantitative estimate of drug-likeness (QED) is 0.692. The van der Waals surface area contributed by atoms with Crippen molar-refractivity contribution >= 4 is 0 Å². The van der Waals surface area contributed by atoms with Gasteiger partial charge in [0.25, 0.3) is 0 Å². The number of hydrogen-bond donors (Lipinski definition) is 0. The van der Waals surface area contributed by atoms with Gasteiger partial charge in [-0.3, -0.25) is 0 Å². The highest BCUT2D eigenvalue weighted by molar-refractivity contribution is 5.55. The second-order valence-corrected chi connectivity index (χ2v) is 8.27. The zero-order valence-corrected chi connectivity index (χ0v) is 14.9. The molecule has 2 aliphatic heterocycles. The van der Waals surface area contributed by atoms with Crippen molar-refractivity contribution in [2.45, 2.75) is 50.5 Å². The van der Waals surface area contributed by atoms with Crippen molar-refractivity contribution in [2.24, 2.45) is 11.8 Å². The number of hydrogen-bond acceptors (Lipinski definition) is 3. The fourth-order valence-corrected chi connectivity index (χ4v) is 5.82. The lowest BCUT2D eigenvalue weighted by atomic mass is 9.68. The van der Waals surface area contributed by atoms with E-state index in [9.17, 15) is 0 Å². The Balaban J connectivity index is 1.49. The fourth-order valence-electron chi connectivity index (χ4n) is 5.82. The molecule has 2 aromatic rings. The van der Waals surface area contributed by atoms with Crippen LogP contribution in [0, 0.1) is 11.8 Å². The molecule has 3 nitrogen and oxygen atoms in total. The molecule has 1 fully saturated rings. The standard InChI is InChI=1S/C23H24O3/c1-2-6-14(7-3-1)22-17-11-20-21(25-13-24-20)12-19(17)26-23-16-9-5-4-8-15(16)10-18(22)23/h4-5,8-9,11-12,14,18,22-23H,1-3,6-7,10,13H2/t18-,22-,23-/m0/s1. The van der Waals surface area contributed by atoms with Gasteiger partial charge in [0, 0.05) is 17.5 Å². The number of ether oxygens (including phenoxy) is 3. The summed E-state index contributed by atoms with van der Waals surface area (Å²) in [7, 11) is 0. The average Bonchev–Trinajstić information content (AvgIpc) is 3.29. The van der Waals surface area contributed by atoms with Gasteiger partial charge >= 0.3 is 0 Å². The van der Waals surface area contributed by atoms with Crippen molar-refractivity contribution in [3.05, 3.63) is 53.1 Å². The highest BCUT2D eigenvalue weighted by Crippen LogP contribution is 2.58. The van der Waals surface area contributed by atoms with E-state index in [0.717, 1.165) is 29.6 Å². The van der Waals surface area contributed by atoms with Crippen LogP contribution in [0.3, 0.4) is 0 Å². The van der Waals surface area contributed by atoms with Gasteiger partial charge in [0.15, 0.2) is 11.5 Å². The monoisotopic (exact) mass is 348 g/mol. The molecule has 0 N–H and O–H groups in total. The summed E-state index contributed by atoms with van der Waals surface area (Å²) >= 11 is 0. The van der Waals surface area contributed by atoms with Gasteiger partial charge < -0.3 is 14.2 Å². The van der Waals surface area contributed by atoms with E-state index in [1.54, 1.807) is 0 Å². The highest BCUT2D eigenvalue weighted by atomic mass is 16.7. The molecule has 0 amide bonds. The van der Waals surface area contributed by atoms with Gasteiger partial charge in [-0.25, -0.2) is 0 Å². The van der Waals surface area contributed by atoms with Crippen LogP contribution < -0.4 is 14.2 Å². The molecule has 0 saturated heterocycles. The minimum Gasteiger partial charge on any atom is -0.485 e. The van der Waals surface area contributed by atoms with E-state index >= 15 is 0 Å². The number of rotatable bonds is 1. The topological polar surface area (TPSA) is 27.7 Å². The number of fused-ring (bicyclic) bond motifs is 5. The molecule has 1 saturated carbocycles. The fraction of sp³-hybridized carbons (Fsp3) is 0.478. The van der Waals surface area contributed by atoms with Crippen molar-refractivity contribution in [2.75, 3.05) is 6.79 Å². The van der Waals surface area contributed by atoms with E-state index in [4.69, 9.17) is 14.2 Å². The predicted molar refractivity (Wildman–Crippen MR) is 98.9 cm³/mol. The van der Waals surface area contributed by atoms with Gasteiger partial charge in [0.05, 0.1) is 0 Å². The zero-order valence-electron chi connectivity index (χ0n) is 14.9. The van der Waals surface area contributed by atoms with Gasteiger partial charge in [0.2, 0.25) is 6.79 Å². The van der Waals surface area contributed by atoms with E-state index in [-0.39, 0.29) is 6.10 Å². The Kier molecular flexibility index (Phi) is 3.26. The normalized spacial score (nSPS) is 28.8. The van der Waals surface area contributed by atoms with E-state index < -0.39 is 0 Å². The summed E-state index contributed by atoms with van der Waals surface area (Å²) in [4.78, 5) is 0. The van der Waals surface area contributed by atoms with Crippen LogP contribution in [0.2, 0.25) is 0 Å². The Bertz CT molecular complexity index is 853. The molecule has 26 heavy (non-hydrogen) atoms. The third kappa shape index (κ3) is 2.12. The van der Waals surface area contributed by atoms with Crippen LogP contribution in [0.1, 0.15) is 60.8 Å². The van der Waals surface area contributed by atoms with Crippen LogP contribution in [-0.2, 0) is 6.42 Å².